The second-order valence-corrected chi connectivity index (χ2v) is 5.45. The Hall–Kier alpha value is -1.00. The molecule has 0 aliphatic heterocycles. The van der Waals surface area contributed by atoms with Crippen LogP contribution in [0.2, 0.25) is 0 Å². The lowest BCUT2D eigenvalue weighted by Gasteiger charge is -2.10. The number of benzene rings is 1. The fourth-order valence-electron chi connectivity index (χ4n) is 1.62. The summed E-state index contributed by atoms with van der Waals surface area (Å²) in [6.07, 6.45) is 1.18. The molecule has 0 aliphatic rings. The van der Waals surface area contributed by atoms with Crippen LogP contribution in [0.25, 0.3) is 0 Å². The Labute approximate surface area is 113 Å². The summed E-state index contributed by atoms with van der Waals surface area (Å²) in [5, 5.41) is 12.3. The van der Waals surface area contributed by atoms with E-state index < -0.39 is 6.10 Å². The van der Waals surface area contributed by atoms with Crippen LogP contribution in [-0.2, 0) is 0 Å². The van der Waals surface area contributed by atoms with Gasteiger partial charge in [0.25, 0.3) is 5.91 Å². The molecule has 0 aromatic heterocycles. The number of nitrogens with one attached hydrogen (secondary N) is 1. The Morgan fingerprint density at radius 1 is 1.33 bits per heavy atom. The molecule has 0 saturated carbocycles. The highest BCUT2D eigenvalue weighted by molar-refractivity contribution is 7.99. The molecule has 1 unspecified atom stereocenters. The van der Waals surface area contributed by atoms with E-state index in [2.05, 4.69) is 12.2 Å². The van der Waals surface area contributed by atoms with E-state index >= 15 is 0 Å². The summed E-state index contributed by atoms with van der Waals surface area (Å²) in [7, 11) is 0. The van der Waals surface area contributed by atoms with E-state index in [-0.39, 0.29) is 5.91 Å². The molecular weight excluding hydrogens is 246 g/mol. The standard InChI is InChI=1S/C14H21NO2S/c1-3-5-12(16)10-15-14(17)11-6-8-13(9-7-11)18-4-2/h6-9,12,16H,3-5,10H2,1-2H3,(H,15,17). The molecule has 0 bridgehead atoms. The molecule has 0 spiro atoms. The van der Waals surface area contributed by atoms with Crippen molar-refractivity contribution in [3.8, 4) is 0 Å². The third kappa shape index (κ3) is 5.10. The average molecular weight is 267 g/mol. The lowest BCUT2D eigenvalue weighted by molar-refractivity contribution is 0.0910. The third-order valence-corrected chi connectivity index (χ3v) is 3.44. The molecule has 0 aliphatic carbocycles. The van der Waals surface area contributed by atoms with Crippen LogP contribution < -0.4 is 5.32 Å². The van der Waals surface area contributed by atoms with Crippen molar-refractivity contribution in [1.29, 1.82) is 0 Å². The zero-order valence-electron chi connectivity index (χ0n) is 11.0. The number of carbonyl (C=O) groups excluding carboxylic acids is 1. The van der Waals surface area contributed by atoms with Gasteiger partial charge in [-0.3, -0.25) is 4.79 Å². The Bertz CT molecular complexity index is 365. The highest BCUT2D eigenvalue weighted by Crippen LogP contribution is 2.17. The Morgan fingerprint density at radius 3 is 2.56 bits per heavy atom. The summed E-state index contributed by atoms with van der Waals surface area (Å²) in [6.45, 7) is 4.42. The van der Waals surface area contributed by atoms with Crippen molar-refractivity contribution in [2.24, 2.45) is 0 Å². The number of rotatable bonds is 7. The molecule has 1 atom stereocenters. The Morgan fingerprint density at radius 2 is 2.00 bits per heavy atom. The second-order valence-electron chi connectivity index (χ2n) is 4.11. The topological polar surface area (TPSA) is 49.3 Å². The molecule has 18 heavy (non-hydrogen) atoms. The SMILES string of the molecule is CCCC(O)CNC(=O)c1ccc(SCC)cc1. The molecule has 2 N–H and O–H groups in total. The number of amides is 1. The van der Waals surface area contributed by atoms with Crippen molar-refractivity contribution < 1.29 is 9.90 Å². The van der Waals surface area contributed by atoms with Gasteiger partial charge in [0, 0.05) is 17.0 Å². The van der Waals surface area contributed by atoms with Crippen LogP contribution in [0.4, 0.5) is 0 Å². The first kappa shape index (κ1) is 15.1. The smallest absolute Gasteiger partial charge is 0.251 e. The van der Waals surface area contributed by atoms with Crippen LogP contribution >= 0.6 is 11.8 Å². The summed E-state index contributed by atoms with van der Waals surface area (Å²) in [6, 6.07) is 7.54. The van der Waals surface area contributed by atoms with Crippen molar-refractivity contribution in [3.05, 3.63) is 29.8 Å². The van der Waals surface area contributed by atoms with Crippen LogP contribution in [0.5, 0.6) is 0 Å². The van der Waals surface area contributed by atoms with Crippen molar-refractivity contribution in [1.82, 2.24) is 5.32 Å². The maximum atomic E-state index is 11.8. The first-order valence-corrected chi connectivity index (χ1v) is 7.35. The van der Waals surface area contributed by atoms with Crippen LogP contribution in [-0.4, -0.2) is 29.4 Å². The molecule has 1 aromatic carbocycles. The molecule has 0 saturated heterocycles. The summed E-state index contributed by atoms with van der Waals surface area (Å²) < 4.78 is 0. The van der Waals surface area contributed by atoms with Crippen LogP contribution in [0, 0.1) is 0 Å². The summed E-state index contributed by atoms with van der Waals surface area (Å²) in [4.78, 5) is 13.0. The van der Waals surface area contributed by atoms with E-state index in [4.69, 9.17) is 0 Å². The summed E-state index contributed by atoms with van der Waals surface area (Å²) in [5.41, 5.74) is 0.638. The molecule has 0 heterocycles. The van der Waals surface area contributed by atoms with Crippen molar-refractivity contribution >= 4 is 17.7 Å². The van der Waals surface area contributed by atoms with Gasteiger partial charge in [-0.15, -0.1) is 11.8 Å². The van der Waals surface area contributed by atoms with Gasteiger partial charge in [0.05, 0.1) is 6.10 Å². The lowest BCUT2D eigenvalue weighted by atomic mass is 10.2. The van der Waals surface area contributed by atoms with E-state index in [9.17, 15) is 9.90 Å². The molecule has 0 fully saturated rings. The number of aliphatic hydroxyl groups is 1. The maximum Gasteiger partial charge on any atom is 0.251 e. The summed E-state index contributed by atoms with van der Waals surface area (Å²) >= 11 is 1.75. The predicted octanol–water partition coefficient (Wildman–Crippen LogP) is 2.69. The normalized spacial score (nSPS) is 12.2. The molecule has 1 amide bonds. The van der Waals surface area contributed by atoms with Crippen molar-refractivity contribution in [2.45, 2.75) is 37.7 Å². The van der Waals surface area contributed by atoms with Gasteiger partial charge in [0.1, 0.15) is 0 Å². The van der Waals surface area contributed by atoms with Gasteiger partial charge in [-0.2, -0.15) is 0 Å². The quantitative estimate of drug-likeness (QED) is 0.747. The van der Waals surface area contributed by atoms with Gasteiger partial charge in [-0.25, -0.2) is 0 Å². The van der Waals surface area contributed by atoms with Crippen molar-refractivity contribution in [3.63, 3.8) is 0 Å². The van der Waals surface area contributed by atoms with E-state index in [0.717, 1.165) is 12.2 Å². The number of carbonyl (C=O) groups is 1. The number of hydrogen-bond donors (Lipinski definition) is 2. The highest BCUT2D eigenvalue weighted by Gasteiger charge is 2.08. The molecule has 1 aromatic rings. The maximum absolute atomic E-state index is 11.8. The average Bonchev–Trinajstić information content (AvgIpc) is 2.37. The fraction of sp³-hybridized carbons (Fsp3) is 0.500. The first-order valence-electron chi connectivity index (χ1n) is 6.36. The van der Waals surface area contributed by atoms with Crippen LogP contribution in [0.1, 0.15) is 37.0 Å². The van der Waals surface area contributed by atoms with Crippen molar-refractivity contribution in [2.75, 3.05) is 12.3 Å². The monoisotopic (exact) mass is 267 g/mol. The largest absolute Gasteiger partial charge is 0.391 e. The van der Waals surface area contributed by atoms with Crippen LogP contribution in [0.3, 0.4) is 0 Å². The lowest BCUT2D eigenvalue weighted by Crippen LogP contribution is -2.31. The minimum absolute atomic E-state index is 0.127. The summed E-state index contributed by atoms with van der Waals surface area (Å²) in [5.74, 6) is 0.896. The van der Waals surface area contributed by atoms with Gasteiger partial charge in [-0.1, -0.05) is 20.3 Å². The van der Waals surface area contributed by atoms with E-state index in [1.165, 1.54) is 4.90 Å². The minimum Gasteiger partial charge on any atom is -0.391 e. The molecule has 100 valence electrons. The zero-order valence-corrected chi connectivity index (χ0v) is 11.8. The van der Waals surface area contributed by atoms with E-state index in [1.54, 1.807) is 11.8 Å². The Kier molecular flexibility index (Phi) is 6.83. The van der Waals surface area contributed by atoms with Crippen LogP contribution in [0.15, 0.2) is 29.2 Å². The third-order valence-electron chi connectivity index (χ3n) is 2.55. The van der Waals surface area contributed by atoms with E-state index in [0.29, 0.717) is 18.5 Å². The first-order chi connectivity index (χ1) is 8.67. The number of thioether (sulfide) groups is 1. The molecule has 4 heteroatoms. The van der Waals surface area contributed by atoms with Gasteiger partial charge in [0.15, 0.2) is 0 Å². The minimum atomic E-state index is -0.450. The molecular formula is C14H21NO2S. The Balaban J connectivity index is 2.46. The number of aliphatic hydroxyl groups excluding tert-OH is 1. The van der Waals surface area contributed by atoms with Gasteiger partial charge >= 0.3 is 0 Å². The second kappa shape index (κ2) is 8.16. The van der Waals surface area contributed by atoms with E-state index in [1.807, 2.05) is 31.2 Å². The van der Waals surface area contributed by atoms with Gasteiger partial charge in [-0.05, 0) is 36.4 Å². The predicted molar refractivity (Wildman–Crippen MR) is 76.1 cm³/mol. The molecule has 1 rings (SSSR count). The van der Waals surface area contributed by atoms with Gasteiger partial charge in [0.2, 0.25) is 0 Å². The number of hydrogen-bond acceptors (Lipinski definition) is 3. The molecule has 3 nitrogen and oxygen atoms in total. The fourth-order valence-corrected chi connectivity index (χ4v) is 2.28. The molecule has 0 radical (unpaired) electrons. The van der Waals surface area contributed by atoms with Gasteiger partial charge < -0.3 is 10.4 Å². The zero-order chi connectivity index (χ0) is 13.4. The highest BCUT2D eigenvalue weighted by atomic mass is 32.2.